The van der Waals surface area contributed by atoms with E-state index in [0.717, 1.165) is 25.7 Å². The number of aryl methyl sites for hydroxylation is 1. The van der Waals surface area contributed by atoms with Gasteiger partial charge in [-0.05, 0) is 37.3 Å². The highest BCUT2D eigenvalue weighted by molar-refractivity contribution is 5.52. The molecule has 1 aromatic carbocycles. The van der Waals surface area contributed by atoms with Gasteiger partial charge in [0.2, 0.25) is 0 Å². The molecule has 1 saturated carbocycles. The zero-order chi connectivity index (χ0) is 13.1. The monoisotopic (exact) mass is 260 g/mol. The standard InChI is InChI=1S/C16H24N2O/c1-19-11-10-18(14-8-9-14)15-7-6-13-4-2-3-5-16(13)17-12-15/h2-5,14-15,17H,6-12H2,1H3. The van der Waals surface area contributed by atoms with Crippen molar-refractivity contribution in [3.05, 3.63) is 29.8 Å². The van der Waals surface area contributed by atoms with Crippen LogP contribution in [0.4, 0.5) is 5.69 Å². The summed E-state index contributed by atoms with van der Waals surface area (Å²) in [6.45, 7) is 2.99. The molecule has 1 N–H and O–H groups in total. The average molecular weight is 260 g/mol. The quantitative estimate of drug-likeness (QED) is 0.880. The highest BCUT2D eigenvalue weighted by atomic mass is 16.5. The molecule has 1 unspecified atom stereocenters. The fourth-order valence-electron chi connectivity index (χ4n) is 3.11. The van der Waals surface area contributed by atoms with Crippen LogP contribution in [0.1, 0.15) is 24.8 Å². The largest absolute Gasteiger partial charge is 0.383 e. The molecule has 0 amide bonds. The second-order valence-electron chi connectivity index (χ2n) is 5.69. The molecule has 1 aromatic rings. The summed E-state index contributed by atoms with van der Waals surface area (Å²) >= 11 is 0. The molecule has 0 radical (unpaired) electrons. The molecule has 1 fully saturated rings. The molecule has 0 bridgehead atoms. The molecule has 1 aliphatic heterocycles. The van der Waals surface area contributed by atoms with Crippen LogP contribution in [0.5, 0.6) is 0 Å². The Hall–Kier alpha value is -1.06. The van der Waals surface area contributed by atoms with Crippen LogP contribution in [-0.2, 0) is 11.2 Å². The molecule has 0 spiro atoms. The van der Waals surface area contributed by atoms with E-state index < -0.39 is 0 Å². The molecule has 0 saturated heterocycles. The average Bonchev–Trinajstić information content (AvgIpc) is 3.26. The second kappa shape index (κ2) is 5.93. The van der Waals surface area contributed by atoms with Crippen molar-refractivity contribution in [2.75, 3.05) is 32.1 Å². The third-order valence-electron chi connectivity index (χ3n) is 4.33. The number of hydrogen-bond donors (Lipinski definition) is 1. The number of benzene rings is 1. The summed E-state index contributed by atoms with van der Waals surface area (Å²) in [6, 6.07) is 10.2. The molecule has 3 rings (SSSR count). The first-order chi connectivity index (χ1) is 9.38. The van der Waals surface area contributed by atoms with Gasteiger partial charge in [-0.1, -0.05) is 18.2 Å². The van der Waals surface area contributed by atoms with Gasteiger partial charge in [-0.3, -0.25) is 4.90 Å². The third kappa shape index (κ3) is 3.10. The van der Waals surface area contributed by atoms with Crippen LogP contribution in [0, 0.1) is 0 Å². The number of fused-ring (bicyclic) bond motifs is 1. The maximum Gasteiger partial charge on any atom is 0.0589 e. The fraction of sp³-hybridized carbons (Fsp3) is 0.625. The topological polar surface area (TPSA) is 24.5 Å². The first-order valence-electron chi connectivity index (χ1n) is 7.45. The van der Waals surface area contributed by atoms with Gasteiger partial charge in [0.1, 0.15) is 0 Å². The van der Waals surface area contributed by atoms with Crippen molar-refractivity contribution >= 4 is 5.69 Å². The molecule has 2 aliphatic rings. The minimum atomic E-state index is 0.648. The summed E-state index contributed by atoms with van der Waals surface area (Å²) in [5.41, 5.74) is 2.79. The number of methoxy groups -OCH3 is 1. The summed E-state index contributed by atoms with van der Waals surface area (Å²) in [5.74, 6) is 0. The van der Waals surface area contributed by atoms with Crippen LogP contribution in [-0.4, -0.2) is 43.8 Å². The van der Waals surface area contributed by atoms with E-state index in [1.807, 2.05) is 0 Å². The van der Waals surface area contributed by atoms with Gasteiger partial charge in [0.25, 0.3) is 0 Å². The van der Waals surface area contributed by atoms with E-state index >= 15 is 0 Å². The van der Waals surface area contributed by atoms with E-state index in [-0.39, 0.29) is 0 Å². The van der Waals surface area contributed by atoms with Gasteiger partial charge in [0.05, 0.1) is 6.61 Å². The molecular formula is C16H24N2O. The normalized spacial score (nSPS) is 22.7. The zero-order valence-electron chi connectivity index (χ0n) is 11.8. The zero-order valence-corrected chi connectivity index (χ0v) is 11.8. The summed E-state index contributed by atoms with van der Waals surface area (Å²) < 4.78 is 5.27. The van der Waals surface area contributed by atoms with Crippen LogP contribution in [0.2, 0.25) is 0 Å². The van der Waals surface area contributed by atoms with Crippen molar-refractivity contribution in [2.24, 2.45) is 0 Å². The second-order valence-corrected chi connectivity index (χ2v) is 5.69. The predicted octanol–water partition coefficient (Wildman–Crippen LogP) is 2.52. The molecule has 1 atom stereocenters. The Balaban J connectivity index is 1.66. The van der Waals surface area contributed by atoms with Crippen molar-refractivity contribution in [3.63, 3.8) is 0 Å². The number of rotatable bonds is 5. The van der Waals surface area contributed by atoms with Crippen LogP contribution in [0.15, 0.2) is 24.3 Å². The van der Waals surface area contributed by atoms with Gasteiger partial charge in [-0.2, -0.15) is 0 Å². The number of nitrogens with zero attached hydrogens (tertiary/aromatic N) is 1. The van der Waals surface area contributed by atoms with Gasteiger partial charge < -0.3 is 10.1 Å². The summed E-state index contributed by atoms with van der Waals surface area (Å²) in [5, 5.41) is 3.63. The van der Waals surface area contributed by atoms with Gasteiger partial charge in [-0.15, -0.1) is 0 Å². The molecule has 3 heteroatoms. The summed E-state index contributed by atoms with van der Waals surface area (Å²) in [6.07, 6.45) is 5.18. The molecule has 0 aromatic heterocycles. The predicted molar refractivity (Wildman–Crippen MR) is 78.6 cm³/mol. The van der Waals surface area contributed by atoms with E-state index in [0.29, 0.717) is 6.04 Å². The summed E-state index contributed by atoms with van der Waals surface area (Å²) in [7, 11) is 1.80. The molecule has 3 nitrogen and oxygen atoms in total. The van der Waals surface area contributed by atoms with Crippen molar-refractivity contribution < 1.29 is 4.74 Å². The number of para-hydroxylation sites is 1. The van der Waals surface area contributed by atoms with E-state index in [1.165, 1.54) is 36.9 Å². The molecule has 1 aliphatic carbocycles. The Kier molecular flexibility index (Phi) is 4.04. The van der Waals surface area contributed by atoms with Crippen molar-refractivity contribution in [1.29, 1.82) is 0 Å². The number of anilines is 1. The van der Waals surface area contributed by atoms with Crippen LogP contribution < -0.4 is 5.32 Å². The number of hydrogen-bond acceptors (Lipinski definition) is 3. The summed E-state index contributed by atoms with van der Waals surface area (Å²) in [4.78, 5) is 2.67. The third-order valence-corrected chi connectivity index (χ3v) is 4.33. The van der Waals surface area contributed by atoms with Crippen LogP contribution in [0.25, 0.3) is 0 Å². The lowest BCUT2D eigenvalue weighted by molar-refractivity contribution is 0.114. The van der Waals surface area contributed by atoms with Gasteiger partial charge >= 0.3 is 0 Å². The highest BCUT2D eigenvalue weighted by Crippen LogP contribution is 2.31. The van der Waals surface area contributed by atoms with E-state index in [2.05, 4.69) is 34.5 Å². The van der Waals surface area contributed by atoms with Gasteiger partial charge in [0.15, 0.2) is 0 Å². The van der Waals surface area contributed by atoms with E-state index in [9.17, 15) is 0 Å². The lowest BCUT2D eigenvalue weighted by atomic mass is 10.1. The lowest BCUT2D eigenvalue weighted by Gasteiger charge is -2.31. The van der Waals surface area contributed by atoms with E-state index in [1.54, 1.807) is 7.11 Å². The fourth-order valence-corrected chi connectivity index (χ4v) is 3.11. The van der Waals surface area contributed by atoms with Crippen LogP contribution >= 0.6 is 0 Å². The highest BCUT2D eigenvalue weighted by Gasteiger charge is 2.34. The number of nitrogens with one attached hydrogen (secondary N) is 1. The van der Waals surface area contributed by atoms with E-state index in [4.69, 9.17) is 4.74 Å². The molecule has 1 heterocycles. The smallest absolute Gasteiger partial charge is 0.0589 e. The Morgan fingerprint density at radius 1 is 1.21 bits per heavy atom. The van der Waals surface area contributed by atoms with Crippen LogP contribution in [0.3, 0.4) is 0 Å². The van der Waals surface area contributed by atoms with Crippen molar-refractivity contribution in [2.45, 2.75) is 37.8 Å². The Labute approximate surface area is 115 Å². The Bertz CT molecular complexity index is 390. The first kappa shape index (κ1) is 12.9. The lowest BCUT2D eigenvalue weighted by Crippen LogP contribution is -2.43. The Morgan fingerprint density at radius 2 is 2.05 bits per heavy atom. The molecule has 104 valence electrons. The van der Waals surface area contributed by atoms with Crippen molar-refractivity contribution in [1.82, 2.24) is 4.90 Å². The Morgan fingerprint density at radius 3 is 2.84 bits per heavy atom. The van der Waals surface area contributed by atoms with Gasteiger partial charge in [-0.25, -0.2) is 0 Å². The maximum atomic E-state index is 5.27. The van der Waals surface area contributed by atoms with Crippen molar-refractivity contribution in [3.8, 4) is 0 Å². The first-order valence-corrected chi connectivity index (χ1v) is 7.45. The minimum Gasteiger partial charge on any atom is -0.383 e. The SMILES string of the molecule is COCCN(C1CC1)C1CCc2ccccc2NC1. The maximum absolute atomic E-state index is 5.27. The molecule has 19 heavy (non-hydrogen) atoms. The number of ether oxygens (including phenoxy) is 1. The van der Waals surface area contributed by atoms with Gasteiger partial charge in [0, 0.05) is 38.0 Å². The molecular weight excluding hydrogens is 236 g/mol. The minimum absolute atomic E-state index is 0.648.